The lowest BCUT2D eigenvalue weighted by molar-refractivity contribution is 0.414. The van der Waals surface area contributed by atoms with E-state index in [2.05, 4.69) is 17.2 Å². The van der Waals surface area contributed by atoms with Crippen LogP contribution in [0.4, 0.5) is 0 Å². The fourth-order valence-electron chi connectivity index (χ4n) is 2.56. The van der Waals surface area contributed by atoms with Crippen molar-refractivity contribution >= 4 is 0 Å². The summed E-state index contributed by atoms with van der Waals surface area (Å²) in [7, 11) is 1.70. The molecule has 1 aromatic carbocycles. The lowest BCUT2D eigenvalue weighted by Gasteiger charge is -2.10. The van der Waals surface area contributed by atoms with E-state index in [-0.39, 0.29) is 6.04 Å². The zero-order valence-electron chi connectivity index (χ0n) is 10.7. The van der Waals surface area contributed by atoms with E-state index in [1.807, 2.05) is 23.9 Å². The van der Waals surface area contributed by atoms with Crippen LogP contribution >= 0.6 is 0 Å². The lowest BCUT2D eigenvalue weighted by atomic mass is 10.1. The predicted molar refractivity (Wildman–Crippen MR) is 70.7 cm³/mol. The fourth-order valence-corrected chi connectivity index (χ4v) is 2.56. The molecule has 0 spiro atoms. The average Bonchev–Trinajstić information content (AvgIpc) is 2.87. The molecule has 0 aliphatic heterocycles. The summed E-state index contributed by atoms with van der Waals surface area (Å²) >= 11 is 0. The molecule has 1 aliphatic rings. The highest BCUT2D eigenvalue weighted by Crippen LogP contribution is 2.38. The van der Waals surface area contributed by atoms with E-state index in [0.717, 1.165) is 18.7 Å². The maximum atomic E-state index is 5.86. The third-order valence-corrected chi connectivity index (χ3v) is 3.32. The smallest absolute Gasteiger partial charge is 0.119 e. The van der Waals surface area contributed by atoms with E-state index in [0.29, 0.717) is 0 Å². The zero-order chi connectivity index (χ0) is 12.7. The minimum atomic E-state index is 0.108. The summed E-state index contributed by atoms with van der Waals surface area (Å²) in [5.74, 6) is 0.908. The molecule has 18 heavy (non-hydrogen) atoms. The van der Waals surface area contributed by atoms with Gasteiger partial charge in [-0.2, -0.15) is 5.10 Å². The number of ether oxygens (including phenoxy) is 1. The van der Waals surface area contributed by atoms with Crippen LogP contribution in [0.2, 0.25) is 0 Å². The number of rotatable bonds is 3. The minimum absolute atomic E-state index is 0.108. The van der Waals surface area contributed by atoms with Crippen molar-refractivity contribution < 1.29 is 4.74 Å². The van der Waals surface area contributed by atoms with E-state index >= 15 is 0 Å². The topological polar surface area (TPSA) is 53.1 Å². The van der Waals surface area contributed by atoms with Crippen LogP contribution in [-0.2, 0) is 13.0 Å². The van der Waals surface area contributed by atoms with E-state index in [1.54, 1.807) is 7.11 Å². The monoisotopic (exact) mass is 243 g/mol. The van der Waals surface area contributed by atoms with Crippen LogP contribution in [0.3, 0.4) is 0 Å². The molecule has 0 saturated heterocycles. The summed E-state index contributed by atoms with van der Waals surface area (Å²) in [6, 6.07) is 6.32. The van der Waals surface area contributed by atoms with E-state index in [4.69, 9.17) is 10.5 Å². The molecule has 0 bridgehead atoms. The van der Waals surface area contributed by atoms with Crippen LogP contribution in [0.25, 0.3) is 11.3 Å². The highest BCUT2D eigenvalue weighted by molar-refractivity contribution is 5.74. The number of hydrogen-bond donors (Lipinski definition) is 1. The quantitative estimate of drug-likeness (QED) is 0.763. The van der Waals surface area contributed by atoms with Crippen molar-refractivity contribution in [3.05, 3.63) is 35.5 Å². The first-order valence-electron chi connectivity index (χ1n) is 6.16. The van der Waals surface area contributed by atoms with Crippen molar-refractivity contribution in [3.8, 4) is 17.0 Å². The second-order valence-electron chi connectivity index (χ2n) is 4.88. The van der Waals surface area contributed by atoms with E-state index < -0.39 is 0 Å². The van der Waals surface area contributed by atoms with Crippen LogP contribution in [-0.4, -0.2) is 22.9 Å². The molecule has 0 amide bonds. The van der Waals surface area contributed by atoms with Crippen LogP contribution in [0.5, 0.6) is 5.75 Å². The van der Waals surface area contributed by atoms with E-state index in [1.165, 1.54) is 22.4 Å². The van der Waals surface area contributed by atoms with Crippen molar-refractivity contribution in [2.45, 2.75) is 25.9 Å². The number of benzene rings is 1. The van der Waals surface area contributed by atoms with Crippen molar-refractivity contribution in [1.82, 2.24) is 9.78 Å². The molecule has 0 radical (unpaired) electrons. The Hall–Kier alpha value is -1.81. The Labute approximate surface area is 106 Å². The first-order chi connectivity index (χ1) is 8.69. The predicted octanol–water partition coefficient (Wildman–Crippen LogP) is 1.81. The van der Waals surface area contributed by atoms with Gasteiger partial charge in [-0.1, -0.05) is 0 Å². The summed E-state index contributed by atoms with van der Waals surface area (Å²) in [6.45, 7) is 2.75. The number of nitrogens with zero attached hydrogens (tertiary/aromatic N) is 2. The molecule has 2 N–H and O–H groups in total. The Balaban J connectivity index is 2.05. The maximum Gasteiger partial charge on any atom is 0.119 e. The Bertz CT molecular complexity index is 587. The Morgan fingerprint density at radius 1 is 1.44 bits per heavy atom. The van der Waals surface area contributed by atoms with Gasteiger partial charge in [0.05, 0.1) is 25.5 Å². The molecule has 1 unspecified atom stereocenters. The molecule has 0 saturated carbocycles. The van der Waals surface area contributed by atoms with Crippen molar-refractivity contribution in [3.63, 3.8) is 0 Å². The Morgan fingerprint density at radius 3 is 3.00 bits per heavy atom. The Morgan fingerprint density at radius 2 is 2.28 bits per heavy atom. The minimum Gasteiger partial charge on any atom is -0.497 e. The van der Waals surface area contributed by atoms with Crippen LogP contribution in [0, 0.1) is 0 Å². The van der Waals surface area contributed by atoms with Gasteiger partial charge in [0.1, 0.15) is 5.75 Å². The summed E-state index contributed by atoms with van der Waals surface area (Å²) in [5, 5.41) is 4.42. The molecule has 1 aliphatic carbocycles. The molecular weight excluding hydrogens is 226 g/mol. The van der Waals surface area contributed by atoms with Gasteiger partial charge in [0.2, 0.25) is 0 Å². The molecule has 1 heterocycles. The number of hydrogen-bond acceptors (Lipinski definition) is 3. The molecule has 94 valence electrons. The molecule has 0 fully saturated rings. The molecule has 1 aromatic heterocycles. The maximum absolute atomic E-state index is 5.86. The number of aromatic nitrogens is 2. The molecule has 4 heteroatoms. The lowest BCUT2D eigenvalue weighted by Crippen LogP contribution is -2.23. The summed E-state index contributed by atoms with van der Waals surface area (Å²) in [5.41, 5.74) is 10.9. The van der Waals surface area contributed by atoms with Gasteiger partial charge in [0.25, 0.3) is 0 Å². The van der Waals surface area contributed by atoms with Crippen molar-refractivity contribution in [2.24, 2.45) is 5.73 Å². The van der Waals surface area contributed by atoms with Crippen molar-refractivity contribution in [2.75, 3.05) is 7.11 Å². The normalized spacial score (nSPS) is 14.2. The van der Waals surface area contributed by atoms with Gasteiger partial charge in [-0.15, -0.1) is 0 Å². The van der Waals surface area contributed by atoms with Gasteiger partial charge in [0.15, 0.2) is 0 Å². The van der Waals surface area contributed by atoms with Gasteiger partial charge in [-0.25, -0.2) is 0 Å². The number of fused-ring (bicyclic) bond motifs is 3. The molecule has 4 nitrogen and oxygen atoms in total. The second-order valence-corrected chi connectivity index (χ2v) is 4.88. The summed E-state index contributed by atoms with van der Waals surface area (Å²) in [4.78, 5) is 0. The standard InChI is InChI=1S/C14H17N3O/c1-9(15)8-17-14-11(7-16-17)5-10-6-12(18-2)3-4-13(10)14/h3-4,6-7,9H,5,8,15H2,1-2H3. The SMILES string of the molecule is COc1ccc2c(c1)Cc1cnn(CC(C)N)c1-2. The van der Waals surface area contributed by atoms with Crippen LogP contribution in [0.1, 0.15) is 18.1 Å². The third-order valence-electron chi connectivity index (χ3n) is 3.32. The highest BCUT2D eigenvalue weighted by atomic mass is 16.5. The third kappa shape index (κ3) is 1.69. The van der Waals surface area contributed by atoms with Gasteiger partial charge in [-0.05, 0) is 30.7 Å². The summed E-state index contributed by atoms with van der Waals surface area (Å²) in [6.07, 6.45) is 2.88. The van der Waals surface area contributed by atoms with Gasteiger partial charge < -0.3 is 10.5 Å². The highest BCUT2D eigenvalue weighted by Gasteiger charge is 2.23. The molecule has 2 aromatic rings. The van der Waals surface area contributed by atoms with Crippen LogP contribution in [0.15, 0.2) is 24.4 Å². The van der Waals surface area contributed by atoms with Gasteiger partial charge >= 0.3 is 0 Å². The zero-order valence-corrected chi connectivity index (χ0v) is 10.7. The summed E-state index contributed by atoms with van der Waals surface area (Å²) < 4.78 is 7.28. The number of methoxy groups -OCH3 is 1. The molecular formula is C14H17N3O. The second kappa shape index (κ2) is 4.14. The first kappa shape index (κ1) is 11.3. The molecule has 1 atom stereocenters. The Kier molecular flexibility index (Phi) is 2.59. The van der Waals surface area contributed by atoms with Gasteiger partial charge in [0, 0.05) is 23.6 Å². The first-order valence-corrected chi connectivity index (χ1v) is 6.16. The number of nitrogens with two attached hydrogens (primary N) is 1. The van der Waals surface area contributed by atoms with Gasteiger partial charge in [-0.3, -0.25) is 4.68 Å². The fraction of sp³-hybridized carbons (Fsp3) is 0.357. The average molecular weight is 243 g/mol. The van der Waals surface area contributed by atoms with E-state index in [9.17, 15) is 0 Å². The largest absolute Gasteiger partial charge is 0.497 e. The van der Waals surface area contributed by atoms with Crippen LogP contribution < -0.4 is 10.5 Å². The van der Waals surface area contributed by atoms with Crippen molar-refractivity contribution in [1.29, 1.82) is 0 Å². The molecule has 3 rings (SSSR count).